The first kappa shape index (κ1) is 30.0. The maximum Gasteiger partial charge on any atom is 0.320 e. The van der Waals surface area contributed by atoms with Gasteiger partial charge in [0.15, 0.2) is 5.88 Å². The molecular formula is C37H46N8O3. The van der Waals surface area contributed by atoms with Crippen LogP contribution < -0.4 is 10.5 Å². The molecule has 2 N–H and O–H groups in total. The molecule has 0 aromatic carbocycles. The van der Waals surface area contributed by atoms with Crippen LogP contribution in [0.2, 0.25) is 0 Å². The summed E-state index contributed by atoms with van der Waals surface area (Å²) in [5, 5.41) is 1.09. The minimum Gasteiger partial charge on any atom is -0.482 e. The van der Waals surface area contributed by atoms with Gasteiger partial charge in [-0.15, -0.1) is 0 Å². The summed E-state index contributed by atoms with van der Waals surface area (Å²) < 4.78 is 10.3. The number of aryl methyl sites for hydroxylation is 1. The van der Waals surface area contributed by atoms with Gasteiger partial charge in [-0.2, -0.15) is 0 Å². The Kier molecular flexibility index (Phi) is 7.18. The van der Waals surface area contributed by atoms with Crippen molar-refractivity contribution >= 4 is 28.6 Å². The fourth-order valence-corrected chi connectivity index (χ4v) is 9.10. The predicted molar refractivity (Wildman–Crippen MR) is 183 cm³/mol. The number of carbonyl (C=O) groups excluding carboxylic acids is 2. The first-order valence-corrected chi connectivity index (χ1v) is 18.1. The second kappa shape index (κ2) is 11.5. The largest absolute Gasteiger partial charge is 0.482 e. The second-order valence-corrected chi connectivity index (χ2v) is 14.9. The molecule has 5 aliphatic rings. The molecule has 5 fully saturated rings. The van der Waals surface area contributed by atoms with Crippen molar-refractivity contribution in [1.82, 2.24) is 33.6 Å². The first-order chi connectivity index (χ1) is 23.4. The third-order valence-corrected chi connectivity index (χ3v) is 11.8. The lowest BCUT2D eigenvalue weighted by atomic mass is 9.94. The van der Waals surface area contributed by atoms with E-state index in [0.29, 0.717) is 23.0 Å². The Bertz CT molecular complexity index is 1920. The molecule has 11 heteroatoms. The first-order valence-electron chi connectivity index (χ1n) is 18.1. The minimum absolute atomic E-state index is 0.0152. The third kappa shape index (κ3) is 4.87. The Labute approximate surface area is 281 Å². The number of methoxy groups -OCH3 is 1. The van der Waals surface area contributed by atoms with Gasteiger partial charge in [0.1, 0.15) is 17.0 Å². The molecule has 0 radical (unpaired) electrons. The van der Waals surface area contributed by atoms with Gasteiger partial charge in [-0.1, -0.05) is 0 Å². The highest BCUT2D eigenvalue weighted by Gasteiger charge is 2.47. The van der Waals surface area contributed by atoms with Crippen LogP contribution in [0.1, 0.15) is 85.5 Å². The number of carbonyl (C=O) groups is 2. The van der Waals surface area contributed by atoms with E-state index in [0.717, 1.165) is 111 Å². The molecule has 3 amide bonds. The highest BCUT2D eigenvalue weighted by molar-refractivity contribution is 5.97. The maximum atomic E-state index is 13.9. The number of urea groups is 1. The predicted octanol–water partition coefficient (Wildman–Crippen LogP) is 5.18. The van der Waals surface area contributed by atoms with Gasteiger partial charge in [0.2, 0.25) is 0 Å². The van der Waals surface area contributed by atoms with E-state index in [1.54, 1.807) is 7.11 Å². The summed E-state index contributed by atoms with van der Waals surface area (Å²) in [5.41, 5.74) is 12.6. The number of ether oxygens (including phenoxy) is 1. The number of pyridine rings is 2. The smallest absolute Gasteiger partial charge is 0.320 e. The van der Waals surface area contributed by atoms with E-state index < -0.39 is 0 Å². The lowest BCUT2D eigenvalue weighted by Crippen LogP contribution is -2.46. The number of likely N-dealkylation sites (tertiary alicyclic amines) is 2. The Morgan fingerprint density at radius 3 is 2.50 bits per heavy atom. The van der Waals surface area contributed by atoms with Gasteiger partial charge in [-0.05, 0) is 94.9 Å². The van der Waals surface area contributed by atoms with Crippen molar-refractivity contribution in [3.63, 3.8) is 0 Å². The molecule has 0 spiro atoms. The second-order valence-electron chi connectivity index (χ2n) is 14.9. The summed E-state index contributed by atoms with van der Waals surface area (Å²) in [6.45, 7) is 6.27. The monoisotopic (exact) mass is 650 g/mol. The van der Waals surface area contributed by atoms with Crippen LogP contribution in [-0.4, -0.2) is 97.0 Å². The number of hydrogen-bond donors (Lipinski definition) is 1. The summed E-state index contributed by atoms with van der Waals surface area (Å²) >= 11 is 0. The molecule has 9 rings (SSSR count). The van der Waals surface area contributed by atoms with E-state index >= 15 is 0 Å². The van der Waals surface area contributed by atoms with E-state index in [9.17, 15) is 9.59 Å². The van der Waals surface area contributed by atoms with Gasteiger partial charge >= 0.3 is 6.03 Å². The quantitative estimate of drug-likeness (QED) is 0.308. The van der Waals surface area contributed by atoms with Crippen LogP contribution >= 0.6 is 0 Å². The number of hydrogen-bond acceptors (Lipinski definition) is 6. The molecule has 1 saturated carbocycles. The van der Waals surface area contributed by atoms with Crippen LogP contribution in [0.25, 0.3) is 28.1 Å². The van der Waals surface area contributed by atoms with Crippen molar-refractivity contribution in [3.05, 3.63) is 47.3 Å². The summed E-state index contributed by atoms with van der Waals surface area (Å²) in [6.07, 6.45) is 9.56. The van der Waals surface area contributed by atoms with Gasteiger partial charge in [0.25, 0.3) is 5.91 Å². The molecule has 4 aromatic rings. The third-order valence-electron chi connectivity index (χ3n) is 11.8. The number of aromatic nitrogens is 4. The lowest BCUT2D eigenvalue weighted by molar-refractivity contribution is 0.0726. The van der Waals surface area contributed by atoms with Crippen LogP contribution in [0.3, 0.4) is 0 Å². The summed E-state index contributed by atoms with van der Waals surface area (Å²) in [6, 6.07) is 10.9. The minimum atomic E-state index is 0.0152. The SMILES string of the molecule is COc1cc(C(=O)N2[C@H]3CC[C@@H]2[C@H](N)C3)cc2nc(-c3cc4ccc(C5CCCN(C(=O)N6CCCC6)C5)nc4n3CC3CC3)c(C)n12. The van der Waals surface area contributed by atoms with Crippen LogP contribution in [0.5, 0.6) is 5.88 Å². The Balaban J connectivity index is 1.08. The summed E-state index contributed by atoms with van der Waals surface area (Å²) in [4.78, 5) is 43.7. The average Bonchev–Trinajstić information content (AvgIpc) is 3.52. The summed E-state index contributed by atoms with van der Waals surface area (Å²) in [5.74, 6) is 1.46. The van der Waals surface area contributed by atoms with E-state index in [4.69, 9.17) is 20.4 Å². The fraction of sp³-hybridized carbons (Fsp3) is 0.568. The lowest BCUT2D eigenvalue weighted by Gasteiger charge is -2.35. The molecule has 2 bridgehead atoms. The molecule has 11 nitrogen and oxygen atoms in total. The van der Waals surface area contributed by atoms with Crippen LogP contribution in [-0.2, 0) is 6.54 Å². The van der Waals surface area contributed by atoms with Crippen molar-refractivity contribution in [2.24, 2.45) is 11.7 Å². The van der Waals surface area contributed by atoms with Crippen molar-refractivity contribution in [2.45, 2.75) is 95.3 Å². The number of imidazole rings is 1. The number of rotatable bonds is 6. The van der Waals surface area contributed by atoms with Crippen LogP contribution in [0.4, 0.5) is 4.79 Å². The maximum absolute atomic E-state index is 13.9. The standard InChI is InChI=1S/C37H46N8O3/c1-22-34(40-32-17-26(18-33(48-2)44(22)32)36(46)45-27-10-12-30(45)28(38)19-27)31-16-24-9-11-29(39-35(24)43(31)20-23-7-8-23)25-6-5-15-42(21-25)37(47)41-13-3-4-14-41/h9,11,16-18,23,25,27-28,30H,3-8,10,12-15,19-21,38H2,1-2H3/t25?,27-,28+,30+/m0/s1. The van der Waals surface area contributed by atoms with Crippen molar-refractivity contribution in [2.75, 3.05) is 33.3 Å². The van der Waals surface area contributed by atoms with Gasteiger partial charge in [-0.25, -0.2) is 14.8 Å². The normalized spacial score (nSPS) is 25.6. The van der Waals surface area contributed by atoms with E-state index in [2.05, 4.69) is 34.6 Å². The van der Waals surface area contributed by atoms with Gasteiger partial charge < -0.3 is 29.7 Å². The molecule has 4 aromatic heterocycles. The molecule has 4 aliphatic heterocycles. The average molecular weight is 651 g/mol. The van der Waals surface area contributed by atoms with E-state index in [1.807, 2.05) is 26.3 Å². The highest BCUT2D eigenvalue weighted by atomic mass is 16.5. The number of amides is 3. The van der Waals surface area contributed by atoms with Gasteiger partial charge in [0, 0.05) is 79.5 Å². The molecule has 4 saturated heterocycles. The highest BCUT2D eigenvalue weighted by Crippen LogP contribution is 2.40. The summed E-state index contributed by atoms with van der Waals surface area (Å²) in [7, 11) is 1.65. The topological polar surface area (TPSA) is 114 Å². The molecule has 252 valence electrons. The van der Waals surface area contributed by atoms with Gasteiger partial charge in [-0.3, -0.25) is 9.20 Å². The Hall–Kier alpha value is -4.12. The molecule has 1 unspecified atom stereocenters. The zero-order valence-corrected chi connectivity index (χ0v) is 28.1. The number of nitrogens with two attached hydrogens (primary N) is 1. The molecule has 1 aliphatic carbocycles. The molecule has 8 heterocycles. The molecule has 48 heavy (non-hydrogen) atoms. The van der Waals surface area contributed by atoms with Gasteiger partial charge in [0.05, 0.1) is 18.5 Å². The number of nitrogens with zero attached hydrogens (tertiary/aromatic N) is 7. The van der Waals surface area contributed by atoms with Crippen LogP contribution in [0.15, 0.2) is 30.3 Å². The van der Waals surface area contributed by atoms with E-state index in [1.165, 1.54) is 12.8 Å². The number of fused-ring (bicyclic) bond motifs is 4. The Morgan fingerprint density at radius 2 is 1.77 bits per heavy atom. The van der Waals surface area contributed by atoms with E-state index in [-0.39, 0.29) is 36.0 Å². The van der Waals surface area contributed by atoms with Crippen molar-refractivity contribution in [1.29, 1.82) is 0 Å². The zero-order chi connectivity index (χ0) is 32.7. The van der Waals surface area contributed by atoms with Crippen LogP contribution in [0, 0.1) is 12.8 Å². The van der Waals surface area contributed by atoms with Crippen molar-refractivity contribution in [3.8, 4) is 17.3 Å². The molecular weight excluding hydrogens is 604 g/mol. The Morgan fingerprint density at radius 1 is 0.958 bits per heavy atom. The molecule has 4 atom stereocenters. The zero-order valence-electron chi connectivity index (χ0n) is 28.1. The fourth-order valence-electron chi connectivity index (χ4n) is 9.10. The number of piperidine rings is 1. The van der Waals surface area contributed by atoms with Crippen molar-refractivity contribution < 1.29 is 14.3 Å².